The number of hydrogen-bond acceptors (Lipinski definition) is 4. The molecular weight excluding hydrogens is 246 g/mol. The Morgan fingerprint density at radius 3 is 2.78 bits per heavy atom. The fourth-order valence-electron chi connectivity index (χ4n) is 2.59. The molecule has 1 aliphatic rings. The lowest BCUT2D eigenvalue weighted by atomic mass is 10.2. The first-order chi connectivity index (χ1) is 8.66. The Kier molecular flexibility index (Phi) is 5.18. The van der Waals surface area contributed by atoms with E-state index >= 15 is 0 Å². The highest BCUT2D eigenvalue weighted by Gasteiger charge is 2.28. The monoisotopic (exact) mass is 269 g/mol. The van der Waals surface area contributed by atoms with E-state index in [2.05, 4.69) is 24.8 Å². The van der Waals surface area contributed by atoms with E-state index in [1.54, 1.807) is 11.3 Å². The summed E-state index contributed by atoms with van der Waals surface area (Å²) in [5.41, 5.74) is 0. The highest BCUT2D eigenvalue weighted by atomic mass is 32.1. The van der Waals surface area contributed by atoms with Crippen molar-refractivity contribution < 1.29 is 9.84 Å². The maximum atomic E-state index is 10.0. The van der Waals surface area contributed by atoms with Crippen LogP contribution in [0.4, 0.5) is 0 Å². The molecule has 1 aromatic heterocycles. The van der Waals surface area contributed by atoms with Gasteiger partial charge < -0.3 is 9.84 Å². The number of aliphatic hydroxyl groups excluding tert-OH is 1. The summed E-state index contributed by atoms with van der Waals surface area (Å²) in [5, 5.41) is 12.1. The van der Waals surface area contributed by atoms with Crippen molar-refractivity contribution in [2.75, 3.05) is 13.2 Å². The van der Waals surface area contributed by atoms with Crippen molar-refractivity contribution in [3.05, 3.63) is 22.4 Å². The van der Waals surface area contributed by atoms with Gasteiger partial charge in [0.05, 0.1) is 19.3 Å². The maximum Gasteiger partial charge on any atom is 0.0900 e. The van der Waals surface area contributed by atoms with E-state index in [4.69, 9.17) is 4.74 Å². The van der Waals surface area contributed by atoms with Crippen molar-refractivity contribution in [3.63, 3.8) is 0 Å². The highest BCUT2D eigenvalue weighted by Crippen LogP contribution is 2.23. The average Bonchev–Trinajstić information content (AvgIpc) is 2.94. The number of hydrogen-bond donors (Lipinski definition) is 1. The number of aliphatic hydroxyl groups is 1. The quantitative estimate of drug-likeness (QED) is 0.861. The van der Waals surface area contributed by atoms with Crippen molar-refractivity contribution >= 4 is 11.3 Å². The third kappa shape index (κ3) is 3.79. The van der Waals surface area contributed by atoms with Crippen LogP contribution >= 0.6 is 11.3 Å². The molecule has 1 aliphatic heterocycles. The number of rotatable bonds is 6. The van der Waals surface area contributed by atoms with Crippen LogP contribution in [-0.4, -0.2) is 41.3 Å². The molecule has 0 radical (unpaired) electrons. The summed E-state index contributed by atoms with van der Waals surface area (Å²) in [6.45, 7) is 6.24. The van der Waals surface area contributed by atoms with Gasteiger partial charge in [0.2, 0.25) is 0 Å². The number of nitrogens with zero attached hydrogens (tertiary/aromatic N) is 1. The molecule has 2 heterocycles. The van der Waals surface area contributed by atoms with Gasteiger partial charge in [0.1, 0.15) is 0 Å². The second-order valence-electron chi connectivity index (χ2n) is 5.22. The van der Waals surface area contributed by atoms with E-state index in [1.807, 2.05) is 11.4 Å². The first kappa shape index (κ1) is 14.0. The van der Waals surface area contributed by atoms with E-state index in [9.17, 15) is 5.11 Å². The van der Waals surface area contributed by atoms with Crippen molar-refractivity contribution in [2.45, 2.75) is 51.5 Å². The van der Waals surface area contributed by atoms with E-state index < -0.39 is 0 Å². The standard InChI is InChI=1S/C14H23NO2S/c1-11-5-6-12(2)15(11)8-13(16)9-17-10-14-4-3-7-18-14/h3-4,7,11-13,16H,5-6,8-10H2,1-2H3. The minimum atomic E-state index is -0.382. The predicted octanol–water partition coefficient (Wildman–Crippen LogP) is 2.50. The molecule has 18 heavy (non-hydrogen) atoms. The van der Waals surface area contributed by atoms with Crippen LogP contribution in [0.2, 0.25) is 0 Å². The van der Waals surface area contributed by atoms with Gasteiger partial charge in [-0.1, -0.05) is 6.07 Å². The molecule has 3 nitrogen and oxygen atoms in total. The number of β-amino-alcohol motifs (C(OH)–C–C–N with tert-alkyl or cyclic N) is 1. The van der Waals surface area contributed by atoms with Crippen LogP contribution in [0.5, 0.6) is 0 Å². The summed E-state index contributed by atoms with van der Waals surface area (Å²) in [5.74, 6) is 0. The molecule has 102 valence electrons. The van der Waals surface area contributed by atoms with Gasteiger partial charge in [-0.2, -0.15) is 0 Å². The summed E-state index contributed by atoms with van der Waals surface area (Å²) >= 11 is 1.69. The van der Waals surface area contributed by atoms with Crippen LogP contribution in [0, 0.1) is 0 Å². The fraction of sp³-hybridized carbons (Fsp3) is 0.714. The molecule has 2 rings (SSSR count). The molecule has 0 amide bonds. The Morgan fingerprint density at radius 2 is 2.17 bits per heavy atom. The average molecular weight is 269 g/mol. The van der Waals surface area contributed by atoms with Gasteiger partial charge in [-0.05, 0) is 38.1 Å². The molecule has 3 unspecified atom stereocenters. The van der Waals surface area contributed by atoms with Crippen LogP contribution in [0.3, 0.4) is 0 Å². The molecule has 0 aliphatic carbocycles. The van der Waals surface area contributed by atoms with Crippen molar-refractivity contribution in [1.29, 1.82) is 0 Å². The molecule has 0 bridgehead atoms. The summed E-state index contributed by atoms with van der Waals surface area (Å²) in [6, 6.07) is 5.26. The summed E-state index contributed by atoms with van der Waals surface area (Å²) < 4.78 is 5.55. The molecule has 3 atom stereocenters. The van der Waals surface area contributed by atoms with E-state index in [-0.39, 0.29) is 6.10 Å². The van der Waals surface area contributed by atoms with Crippen molar-refractivity contribution in [3.8, 4) is 0 Å². The summed E-state index contributed by atoms with van der Waals surface area (Å²) in [6.07, 6.45) is 2.10. The third-order valence-electron chi connectivity index (χ3n) is 3.69. The van der Waals surface area contributed by atoms with Crippen LogP contribution in [0.25, 0.3) is 0 Å². The van der Waals surface area contributed by atoms with Gasteiger partial charge in [0.15, 0.2) is 0 Å². The Labute approximate surface area is 113 Å². The second kappa shape index (κ2) is 6.66. The number of ether oxygens (including phenoxy) is 1. The van der Waals surface area contributed by atoms with Gasteiger partial charge >= 0.3 is 0 Å². The minimum absolute atomic E-state index is 0.382. The van der Waals surface area contributed by atoms with Crippen LogP contribution in [-0.2, 0) is 11.3 Å². The Balaban J connectivity index is 1.67. The summed E-state index contributed by atoms with van der Waals surface area (Å²) in [7, 11) is 0. The highest BCUT2D eigenvalue weighted by molar-refractivity contribution is 7.09. The molecule has 0 aromatic carbocycles. The van der Waals surface area contributed by atoms with Gasteiger partial charge in [0, 0.05) is 23.5 Å². The largest absolute Gasteiger partial charge is 0.389 e. The van der Waals surface area contributed by atoms with Crippen LogP contribution in [0.15, 0.2) is 17.5 Å². The molecule has 4 heteroatoms. The zero-order valence-electron chi connectivity index (χ0n) is 11.2. The molecule has 1 N–H and O–H groups in total. The number of thiophene rings is 1. The molecule has 1 saturated heterocycles. The molecule has 1 aromatic rings. The van der Waals surface area contributed by atoms with Gasteiger partial charge in [-0.25, -0.2) is 0 Å². The zero-order valence-corrected chi connectivity index (χ0v) is 12.0. The first-order valence-corrected chi connectivity index (χ1v) is 7.58. The first-order valence-electron chi connectivity index (χ1n) is 6.70. The van der Waals surface area contributed by atoms with Gasteiger partial charge in [-0.3, -0.25) is 4.90 Å². The molecular formula is C14H23NO2S. The molecule has 0 spiro atoms. The smallest absolute Gasteiger partial charge is 0.0900 e. The molecule has 0 saturated carbocycles. The third-order valence-corrected chi connectivity index (χ3v) is 4.54. The van der Waals surface area contributed by atoms with Crippen molar-refractivity contribution in [2.24, 2.45) is 0 Å². The summed E-state index contributed by atoms with van der Waals surface area (Å²) in [4.78, 5) is 3.60. The van der Waals surface area contributed by atoms with Crippen molar-refractivity contribution in [1.82, 2.24) is 4.90 Å². The van der Waals surface area contributed by atoms with Crippen LogP contribution in [0.1, 0.15) is 31.6 Å². The van der Waals surface area contributed by atoms with Crippen LogP contribution < -0.4 is 0 Å². The van der Waals surface area contributed by atoms with Gasteiger partial charge in [-0.15, -0.1) is 11.3 Å². The predicted molar refractivity (Wildman–Crippen MR) is 74.8 cm³/mol. The second-order valence-corrected chi connectivity index (χ2v) is 6.25. The lowest BCUT2D eigenvalue weighted by Gasteiger charge is -2.28. The van der Waals surface area contributed by atoms with E-state index in [1.165, 1.54) is 17.7 Å². The fourth-order valence-corrected chi connectivity index (χ4v) is 3.24. The zero-order chi connectivity index (χ0) is 13.0. The normalized spacial score (nSPS) is 26.6. The SMILES string of the molecule is CC1CCC(C)N1CC(O)COCc1cccs1. The lowest BCUT2D eigenvalue weighted by Crippen LogP contribution is -2.40. The number of likely N-dealkylation sites (tertiary alicyclic amines) is 1. The van der Waals surface area contributed by atoms with E-state index in [0.29, 0.717) is 25.3 Å². The minimum Gasteiger partial charge on any atom is -0.389 e. The Morgan fingerprint density at radius 1 is 1.44 bits per heavy atom. The van der Waals surface area contributed by atoms with E-state index in [0.717, 1.165) is 6.54 Å². The molecule has 1 fully saturated rings. The Hall–Kier alpha value is -0.420. The Bertz CT molecular complexity index is 332. The lowest BCUT2D eigenvalue weighted by molar-refractivity contribution is 0.00401. The topological polar surface area (TPSA) is 32.7 Å². The maximum absolute atomic E-state index is 10.0. The van der Waals surface area contributed by atoms with Gasteiger partial charge in [0.25, 0.3) is 0 Å².